The second-order valence-corrected chi connectivity index (χ2v) is 4.27. The number of carboxylic acids is 1. The summed E-state index contributed by atoms with van der Waals surface area (Å²) in [7, 11) is 1.52. The fraction of sp³-hybridized carbons (Fsp3) is 0.200. The summed E-state index contributed by atoms with van der Waals surface area (Å²) >= 11 is 0. The summed E-state index contributed by atoms with van der Waals surface area (Å²) in [6.07, 6.45) is 1.51. The van der Waals surface area contributed by atoms with Gasteiger partial charge >= 0.3 is 5.97 Å². The van der Waals surface area contributed by atoms with Crippen molar-refractivity contribution in [2.75, 3.05) is 7.11 Å². The highest BCUT2D eigenvalue weighted by molar-refractivity contribution is 5.75. The Morgan fingerprint density at radius 2 is 2.05 bits per heavy atom. The average molecular weight is 272 g/mol. The van der Waals surface area contributed by atoms with Crippen molar-refractivity contribution < 1.29 is 14.6 Å². The lowest BCUT2D eigenvalue weighted by molar-refractivity contribution is -0.139. The monoisotopic (exact) mass is 272 g/mol. The molecule has 1 aromatic heterocycles. The highest BCUT2D eigenvalue weighted by Crippen LogP contribution is 2.16. The Bertz CT molecular complexity index is 555. The summed E-state index contributed by atoms with van der Waals surface area (Å²) < 4.78 is 4.96. The predicted molar refractivity (Wildman–Crippen MR) is 74.4 cm³/mol. The molecule has 1 aromatic carbocycles. The first-order chi connectivity index (χ1) is 9.70. The first kappa shape index (κ1) is 14.0. The number of carboxylic acid groups (broad SMARTS) is 1. The normalized spacial score (nSPS) is 11.8. The molecule has 0 aliphatic carbocycles. The number of nitrogens with one attached hydrogen (secondary N) is 1. The Morgan fingerprint density at radius 3 is 2.60 bits per heavy atom. The van der Waals surface area contributed by atoms with Gasteiger partial charge in [0.2, 0.25) is 5.88 Å². The third-order valence-electron chi connectivity index (χ3n) is 2.90. The molecule has 104 valence electrons. The van der Waals surface area contributed by atoms with E-state index in [-0.39, 0.29) is 0 Å². The second kappa shape index (κ2) is 6.68. The molecule has 2 N–H and O–H groups in total. The zero-order valence-electron chi connectivity index (χ0n) is 11.1. The van der Waals surface area contributed by atoms with Crippen molar-refractivity contribution >= 4 is 5.97 Å². The van der Waals surface area contributed by atoms with Gasteiger partial charge in [-0.2, -0.15) is 0 Å². The number of nitrogens with zero attached hydrogens (tertiary/aromatic N) is 1. The first-order valence-electron chi connectivity index (χ1n) is 6.21. The number of carbonyl (C=O) groups is 1. The Labute approximate surface area is 117 Å². The summed E-state index contributed by atoms with van der Waals surface area (Å²) in [6, 6.07) is 12.2. The molecule has 0 spiro atoms. The molecule has 0 fully saturated rings. The van der Waals surface area contributed by atoms with E-state index in [4.69, 9.17) is 4.74 Å². The molecule has 1 heterocycles. The van der Waals surface area contributed by atoms with Gasteiger partial charge in [-0.15, -0.1) is 0 Å². The number of methoxy groups -OCH3 is 1. The summed E-state index contributed by atoms with van der Waals surface area (Å²) in [6.45, 7) is 0.476. The highest BCUT2D eigenvalue weighted by Gasteiger charge is 2.19. The van der Waals surface area contributed by atoms with Crippen LogP contribution in [0.4, 0.5) is 0 Å². The number of benzene rings is 1. The van der Waals surface area contributed by atoms with Gasteiger partial charge < -0.3 is 9.84 Å². The summed E-state index contributed by atoms with van der Waals surface area (Å²) in [5.74, 6) is -0.478. The van der Waals surface area contributed by atoms with Crippen LogP contribution in [0.25, 0.3) is 0 Å². The fourth-order valence-corrected chi connectivity index (χ4v) is 1.85. The van der Waals surface area contributed by atoms with Gasteiger partial charge in [0.1, 0.15) is 6.04 Å². The van der Waals surface area contributed by atoms with Gasteiger partial charge in [-0.1, -0.05) is 30.3 Å². The minimum absolute atomic E-state index is 0.459. The first-order valence-corrected chi connectivity index (χ1v) is 6.21. The Balaban J connectivity index is 2.08. The molecule has 1 atom stereocenters. The zero-order chi connectivity index (χ0) is 14.4. The molecule has 20 heavy (non-hydrogen) atoms. The quantitative estimate of drug-likeness (QED) is 0.841. The Hall–Kier alpha value is -2.40. The maximum absolute atomic E-state index is 11.4. The molecule has 5 nitrogen and oxygen atoms in total. The Morgan fingerprint density at radius 1 is 1.30 bits per heavy atom. The molecule has 1 unspecified atom stereocenters. The van der Waals surface area contributed by atoms with E-state index < -0.39 is 12.0 Å². The average Bonchev–Trinajstić information content (AvgIpc) is 2.49. The van der Waals surface area contributed by atoms with Gasteiger partial charge in [-0.25, -0.2) is 4.98 Å². The standard InChI is InChI=1S/C15H16N2O3/c1-20-13-8-7-12(10-16-13)14(15(18)19)17-9-11-5-3-2-4-6-11/h2-8,10,14,17H,9H2,1H3,(H,18,19). The molecule has 0 bridgehead atoms. The van der Waals surface area contributed by atoms with Crippen LogP contribution in [0.3, 0.4) is 0 Å². The van der Waals surface area contributed by atoms with E-state index in [0.29, 0.717) is 18.0 Å². The van der Waals surface area contributed by atoms with Crippen LogP contribution < -0.4 is 10.1 Å². The molecule has 0 radical (unpaired) electrons. The van der Waals surface area contributed by atoms with Crippen molar-refractivity contribution in [2.24, 2.45) is 0 Å². The number of aromatic nitrogens is 1. The van der Waals surface area contributed by atoms with Crippen LogP contribution in [-0.4, -0.2) is 23.2 Å². The van der Waals surface area contributed by atoms with Crippen molar-refractivity contribution in [3.05, 3.63) is 59.8 Å². The van der Waals surface area contributed by atoms with E-state index in [1.54, 1.807) is 12.1 Å². The van der Waals surface area contributed by atoms with Crippen LogP contribution in [-0.2, 0) is 11.3 Å². The lowest BCUT2D eigenvalue weighted by Crippen LogP contribution is -2.28. The summed E-state index contributed by atoms with van der Waals surface area (Å²) in [5, 5.41) is 12.3. The van der Waals surface area contributed by atoms with Gasteiger partial charge in [0.25, 0.3) is 0 Å². The van der Waals surface area contributed by atoms with E-state index in [1.807, 2.05) is 30.3 Å². The minimum atomic E-state index is -0.937. The van der Waals surface area contributed by atoms with Gasteiger partial charge in [-0.3, -0.25) is 10.1 Å². The molecule has 0 aliphatic rings. The van der Waals surface area contributed by atoms with Crippen molar-refractivity contribution in [3.8, 4) is 5.88 Å². The zero-order valence-corrected chi connectivity index (χ0v) is 11.1. The fourth-order valence-electron chi connectivity index (χ4n) is 1.85. The topological polar surface area (TPSA) is 71.5 Å². The summed E-state index contributed by atoms with van der Waals surface area (Å²) in [4.78, 5) is 15.4. The number of hydrogen-bond acceptors (Lipinski definition) is 4. The van der Waals surface area contributed by atoms with Crippen LogP contribution in [0.2, 0.25) is 0 Å². The third kappa shape index (κ3) is 3.55. The number of ether oxygens (including phenoxy) is 1. The highest BCUT2D eigenvalue weighted by atomic mass is 16.5. The van der Waals surface area contributed by atoms with E-state index in [0.717, 1.165) is 5.56 Å². The van der Waals surface area contributed by atoms with Gasteiger partial charge in [0.05, 0.1) is 7.11 Å². The smallest absolute Gasteiger partial charge is 0.325 e. The van der Waals surface area contributed by atoms with Crippen LogP contribution in [0, 0.1) is 0 Å². The molecular formula is C15H16N2O3. The van der Waals surface area contributed by atoms with Gasteiger partial charge in [0, 0.05) is 18.8 Å². The molecule has 5 heteroatoms. The molecule has 0 saturated carbocycles. The van der Waals surface area contributed by atoms with E-state index in [2.05, 4.69) is 10.3 Å². The van der Waals surface area contributed by atoms with Crippen LogP contribution in [0.15, 0.2) is 48.7 Å². The van der Waals surface area contributed by atoms with Gasteiger partial charge in [-0.05, 0) is 17.2 Å². The molecule has 0 aliphatic heterocycles. The largest absolute Gasteiger partial charge is 0.481 e. The van der Waals surface area contributed by atoms with Crippen LogP contribution >= 0.6 is 0 Å². The molecule has 2 aromatic rings. The van der Waals surface area contributed by atoms with Crippen molar-refractivity contribution in [1.82, 2.24) is 10.3 Å². The predicted octanol–water partition coefficient (Wildman–Crippen LogP) is 2.01. The SMILES string of the molecule is COc1ccc(C(NCc2ccccc2)C(=O)O)cn1. The van der Waals surface area contributed by atoms with Crippen molar-refractivity contribution in [2.45, 2.75) is 12.6 Å². The number of aliphatic carboxylic acids is 1. The molecule has 2 rings (SSSR count). The maximum atomic E-state index is 11.4. The van der Waals surface area contributed by atoms with E-state index in [9.17, 15) is 9.90 Å². The van der Waals surface area contributed by atoms with E-state index >= 15 is 0 Å². The minimum Gasteiger partial charge on any atom is -0.481 e. The second-order valence-electron chi connectivity index (χ2n) is 4.27. The lowest BCUT2D eigenvalue weighted by atomic mass is 10.1. The molecule has 0 saturated heterocycles. The number of hydrogen-bond donors (Lipinski definition) is 2. The van der Waals surface area contributed by atoms with E-state index in [1.165, 1.54) is 13.3 Å². The third-order valence-corrected chi connectivity index (χ3v) is 2.90. The molecular weight excluding hydrogens is 256 g/mol. The van der Waals surface area contributed by atoms with Crippen molar-refractivity contribution in [1.29, 1.82) is 0 Å². The maximum Gasteiger partial charge on any atom is 0.325 e. The summed E-state index contributed by atoms with van der Waals surface area (Å²) in [5.41, 5.74) is 1.62. The Kier molecular flexibility index (Phi) is 4.68. The lowest BCUT2D eigenvalue weighted by Gasteiger charge is -2.14. The van der Waals surface area contributed by atoms with Crippen molar-refractivity contribution in [3.63, 3.8) is 0 Å². The van der Waals surface area contributed by atoms with Crippen LogP contribution in [0.1, 0.15) is 17.2 Å². The van der Waals surface area contributed by atoms with Crippen LogP contribution in [0.5, 0.6) is 5.88 Å². The number of rotatable bonds is 6. The molecule has 0 amide bonds. The number of pyridine rings is 1. The van der Waals surface area contributed by atoms with Gasteiger partial charge in [0.15, 0.2) is 0 Å².